The van der Waals surface area contributed by atoms with E-state index in [0.717, 1.165) is 7.11 Å². The molecule has 4 N–H and O–H groups in total. The van der Waals surface area contributed by atoms with E-state index in [-0.39, 0.29) is 13.2 Å². The summed E-state index contributed by atoms with van der Waals surface area (Å²) in [5.74, 6) is 0. The summed E-state index contributed by atoms with van der Waals surface area (Å²) in [6.07, 6.45) is -3.85. The predicted octanol–water partition coefficient (Wildman–Crippen LogP) is -1.22. The third kappa shape index (κ3) is 13.2. The lowest BCUT2D eigenvalue weighted by Gasteiger charge is -1.96. The van der Waals surface area contributed by atoms with Crippen LogP contribution in [0.5, 0.6) is 0 Å². The first-order chi connectivity index (χ1) is 6.47. The van der Waals surface area contributed by atoms with Gasteiger partial charge in [0.25, 0.3) is 0 Å². The Kier molecular flexibility index (Phi) is 10.5. The van der Waals surface area contributed by atoms with Crippen molar-refractivity contribution in [3.63, 3.8) is 0 Å². The van der Waals surface area contributed by atoms with Crippen LogP contribution in [0.15, 0.2) is 0 Å². The molecule has 0 bridgehead atoms. The van der Waals surface area contributed by atoms with Gasteiger partial charge in [-0.1, -0.05) is 0 Å². The highest BCUT2D eigenvalue weighted by molar-refractivity contribution is 5.75. The zero-order valence-electron chi connectivity index (χ0n) is 7.41. The monoisotopic (exact) mass is 212 g/mol. The summed E-state index contributed by atoms with van der Waals surface area (Å²) in [5, 5.41) is 31.7. The summed E-state index contributed by atoms with van der Waals surface area (Å²) in [7, 11) is 1.02. The van der Waals surface area contributed by atoms with Gasteiger partial charge >= 0.3 is 12.3 Å². The Morgan fingerprint density at radius 1 is 1.29 bits per heavy atom. The van der Waals surface area contributed by atoms with Crippen molar-refractivity contribution >= 4 is 12.3 Å². The van der Waals surface area contributed by atoms with E-state index in [1.807, 2.05) is 0 Å². The highest BCUT2D eigenvalue weighted by Crippen LogP contribution is 1.80. The third-order valence-corrected chi connectivity index (χ3v) is 0.759. The van der Waals surface area contributed by atoms with Crippen molar-refractivity contribution in [1.82, 2.24) is 0 Å². The zero-order valence-corrected chi connectivity index (χ0v) is 7.41. The molecular formula is C6H12O8. The summed E-state index contributed by atoms with van der Waals surface area (Å²) in [4.78, 5) is 19.2. The van der Waals surface area contributed by atoms with Crippen LogP contribution >= 0.6 is 0 Å². The topological polar surface area (TPSA) is 134 Å². The Morgan fingerprint density at radius 3 is 1.79 bits per heavy atom. The first kappa shape index (κ1) is 15.1. The van der Waals surface area contributed by atoms with Crippen molar-refractivity contribution in [3.8, 4) is 0 Å². The van der Waals surface area contributed by atoms with Gasteiger partial charge in [0.15, 0.2) is 0 Å². The number of rotatable bonds is 2. The minimum Gasteiger partial charge on any atom is -0.449 e. The van der Waals surface area contributed by atoms with E-state index in [9.17, 15) is 9.59 Å². The smallest absolute Gasteiger partial charge is 0.449 e. The standard InChI is InChI=1S/C3H4O5.C3H8O3/c1-7-3(6)8-2(4)5;4-1-3(6)2-5/h1H3,(H,4,5);3-6H,1-2H2. The molecule has 0 fully saturated rings. The second-order valence-corrected chi connectivity index (χ2v) is 1.84. The molecule has 8 nitrogen and oxygen atoms in total. The van der Waals surface area contributed by atoms with Crippen LogP contribution in [-0.2, 0) is 9.47 Å². The van der Waals surface area contributed by atoms with Gasteiger partial charge < -0.3 is 29.9 Å². The van der Waals surface area contributed by atoms with Gasteiger partial charge in [0, 0.05) is 0 Å². The second-order valence-electron chi connectivity index (χ2n) is 1.84. The van der Waals surface area contributed by atoms with Crippen LogP contribution in [0.3, 0.4) is 0 Å². The molecule has 0 saturated carbocycles. The van der Waals surface area contributed by atoms with Crippen molar-refractivity contribution < 1.29 is 39.5 Å². The molecule has 0 aliphatic heterocycles. The van der Waals surface area contributed by atoms with Crippen molar-refractivity contribution in [2.45, 2.75) is 6.10 Å². The van der Waals surface area contributed by atoms with Crippen molar-refractivity contribution in [2.75, 3.05) is 20.3 Å². The number of hydrogen-bond acceptors (Lipinski definition) is 7. The number of aliphatic hydroxyl groups excluding tert-OH is 3. The van der Waals surface area contributed by atoms with Gasteiger partial charge in [0.05, 0.1) is 20.3 Å². The number of ether oxygens (including phenoxy) is 2. The van der Waals surface area contributed by atoms with E-state index in [0.29, 0.717) is 0 Å². The number of methoxy groups -OCH3 is 1. The van der Waals surface area contributed by atoms with E-state index in [4.69, 9.17) is 20.4 Å². The van der Waals surface area contributed by atoms with E-state index < -0.39 is 18.4 Å². The van der Waals surface area contributed by atoms with E-state index in [1.54, 1.807) is 0 Å². The lowest BCUT2D eigenvalue weighted by atomic mass is 10.4. The quantitative estimate of drug-likeness (QED) is 0.330. The minimum absolute atomic E-state index is 0.365. The highest BCUT2D eigenvalue weighted by atomic mass is 16.8. The Hall–Kier alpha value is -1.38. The lowest BCUT2D eigenvalue weighted by Crippen LogP contribution is -2.15. The van der Waals surface area contributed by atoms with Gasteiger partial charge in [-0.05, 0) is 0 Å². The van der Waals surface area contributed by atoms with Crippen LogP contribution in [-0.4, -0.2) is 59.2 Å². The Balaban J connectivity index is 0. The molecule has 0 saturated heterocycles. The maximum Gasteiger partial charge on any atom is 0.518 e. The Labute approximate surface area is 79.3 Å². The summed E-state index contributed by atoms with van der Waals surface area (Å²) in [5.41, 5.74) is 0. The van der Waals surface area contributed by atoms with Crippen molar-refractivity contribution in [3.05, 3.63) is 0 Å². The molecule has 0 unspecified atom stereocenters. The summed E-state index contributed by atoms with van der Waals surface area (Å²) in [6, 6.07) is 0. The molecule has 0 atom stereocenters. The first-order valence-electron chi connectivity index (χ1n) is 3.36. The Morgan fingerprint density at radius 2 is 1.71 bits per heavy atom. The highest BCUT2D eigenvalue weighted by Gasteiger charge is 2.05. The molecule has 0 spiro atoms. The molecule has 0 aliphatic rings. The Bertz CT molecular complexity index is 163. The SMILES string of the molecule is COC(=O)OC(=O)O.OCC(O)CO. The maximum absolute atomic E-state index is 9.80. The van der Waals surface area contributed by atoms with Gasteiger partial charge in [-0.25, -0.2) is 9.59 Å². The molecule has 0 radical (unpaired) electrons. The minimum atomic E-state index is -1.67. The fourth-order valence-corrected chi connectivity index (χ4v) is 0.171. The lowest BCUT2D eigenvalue weighted by molar-refractivity contribution is 0.0450. The number of aliphatic hydroxyl groups is 3. The van der Waals surface area contributed by atoms with Crippen molar-refractivity contribution in [2.24, 2.45) is 0 Å². The molecule has 0 aromatic rings. The van der Waals surface area contributed by atoms with Gasteiger partial charge in [-0.3, -0.25) is 0 Å². The molecule has 84 valence electrons. The van der Waals surface area contributed by atoms with E-state index >= 15 is 0 Å². The molecule has 0 aliphatic carbocycles. The van der Waals surface area contributed by atoms with Crippen LogP contribution < -0.4 is 0 Å². The number of carbonyl (C=O) groups is 2. The fraction of sp³-hybridized carbons (Fsp3) is 0.667. The summed E-state index contributed by atoms with van der Waals surface area (Å²) < 4.78 is 7.27. The second kappa shape index (κ2) is 9.71. The average Bonchev–Trinajstić information content (AvgIpc) is 2.16. The van der Waals surface area contributed by atoms with E-state index in [1.165, 1.54) is 0 Å². The largest absolute Gasteiger partial charge is 0.518 e. The van der Waals surface area contributed by atoms with Crippen LogP contribution in [0.2, 0.25) is 0 Å². The van der Waals surface area contributed by atoms with Crippen LogP contribution in [0, 0.1) is 0 Å². The number of hydrogen-bond donors (Lipinski definition) is 4. The number of carbonyl (C=O) groups excluding carboxylic acids is 1. The van der Waals surface area contributed by atoms with Gasteiger partial charge in [0.1, 0.15) is 6.10 Å². The molecule has 0 heterocycles. The fourth-order valence-electron chi connectivity index (χ4n) is 0.171. The summed E-state index contributed by atoms with van der Waals surface area (Å²) in [6.45, 7) is -0.729. The molecule has 0 aromatic heterocycles. The molecule has 0 amide bonds. The van der Waals surface area contributed by atoms with E-state index in [2.05, 4.69) is 9.47 Å². The molecule has 0 aromatic carbocycles. The molecule has 0 rings (SSSR count). The van der Waals surface area contributed by atoms with Crippen LogP contribution in [0.4, 0.5) is 9.59 Å². The van der Waals surface area contributed by atoms with Gasteiger partial charge in [0.2, 0.25) is 0 Å². The van der Waals surface area contributed by atoms with Crippen LogP contribution in [0.25, 0.3) is 0 Å². The first-order valence-corrected chi connectivity index (χ1v) is 3.36. The van der Waals surface area contributed by atoms with Crippen molar-refractivity contribution in [1.29, 1.82) is 0 Å². The average molecular weight is 212 g/mol. The molecular weight excluding hydrogens is 200 g/mol. The normalized spacial score (nSPS) is 8.64. The van der Waals surface area contributed by atoms with Gasteiger partial charge in [-0.2, -0.15) is 0 Å². The van der Waals surface area contributed by atoms with Gasteiger partial charge in [-0.15, -0.1) is 0 Å². The molecule has 8 heteroatoms. The number of carboxylic acid groups (broad SMARTS) is 1. The predicted molar refractivity (Wildman–Crippen MR) is 41.7 cm³/mol. The molecule has 14 heavy (non-hydrogen) atoms. The van der Waals surface area contributed by atoms with Crippen LogP contribution in [0.1, 0.15) is 0 Å². The zero-order chi connectivity index (χ0) is 11.6. The third-order valence-electron chi connectivity index (χ3n) is 0.759. The summed E-state index contributed by atoms with van der Waals surface area (Å²) >= 11 is 0. The maximum atomic E-state index is 9.80.